The number of aliphatic imine (C=N–C) groups is 2. The Kier molecular flexibility index (Phi) is 7.60. The lowest BCUT2D eigenvalue weighted by Gasteiger charge is -2.24. The van der Waals surface area contributed by atoms with Gasteiger partial charge in [0, 0.05) is 44.3 Å². The van der Waals surface area contributed by atoms with E-state index in [9.17, 15) is 0 Å². The fourth-order valence-electron chi connectivity index (χ4n) is 9.67. The quantitative estimate of drug-likeness (QED) is 0.177. The Morgan fingerprint density at radius 2 is 1.13 bits per heavy atom. The van der Waals surface area contributed by atoms with Gasteiger partial charge in [-0.15, -0.1) is 0 Å². The fourth-order valence-corrected chi connectivity index (χ4v) is 9.67. The number of nitrogens with zero attached hydrogens (tertiary/aromatic N) is 3. The Bertz CT molecular complexity index is 3840. The summed E-state index contributed by atoms with van der Waals surface area (Å²) in [5, 5.41) is 15.4. The number of nitrogens with one attached hydrogen (secondary N) is 1. The molecule has 1 unspecified atom stereocenters. The first kappa shape index (κ1) is 34.6. The number of aromatic nitrogens is 1. The van der Waals surface area contributed by atoms with Crippen LogP contribution in [0.1, 0.15) is 22.9 Å². The summed E-state index contributed by atoms with van der Waals surface area (Å²) in [5.74, 6) is 1.42. The average molecular weight is 793 g/mol. The Balaban J connectivity index is 1.05. The maximum atomic E-state index is 6.89. The second-order valence-corrected chi connectivity index (χ2v) is 16.2. The van der Waals surface area contributed by atoms with E-state index in [1.54, 1.807) is 0 Å². The molecular weight excluding hydrogens is 757 g/mol. The molecular formula is C57H36N4O. The van der Waals surface area contributed by atoms with Crippen LogP contribution in [0.15, 0.2) is 221 Å². The van der Waals surface area contributed by atoms with Gasteiger partial charge in [-0.05, 0) is 79.8 Å². The van der Waals surface area contributed by atoms with Crippen molar-refractivity contribution >= 4 is 87.7 Å². The zero-order chi connectivity index (χ0) is 40.7. The molecule has 62 heavy (non-hydrogen) atoms. The van der Waals surface area contributed by atoms with Crippen LogP contribution in [0.2, 0.25) is 0 Å². The van der Waals surface area contributed by atoms with Crippen molar-refractivity contribution < 1.29 is 4.42 Å². The summed E-state index contributed by atoms with van der Waals surface area (Å²) >= 11 is 0. The number of para-hydroxylation sites is 1. The Morgan fingerprint density at radius 1 is 0.435 bits per heavy atom. The summed E-state index contributed by atoms with van der Waals surface area (Å²) in [7, 11) is 0. The maximum Gasteiger partial charge on any atom is 0.160 e. The van der Waals surface area contributed by atoms with Crippen molar-refractivity contribution in [2.24, 2.45) is 9.98 Å². The van der Waals surface area contributed by atoms with Crippen molar-refractivity contribution in [3.8, 4) is 16.8 Å². The van der Waals surface area contributed by atoms with Gasteiger partial charge in [0.1, 0.15) is 23.2 Å². The molecule has 3 heterocycles. The minimum atomic E-state index is -0.354. The molecule has 0 radical (unpaired) electrons. The molecule has 1 aliphatic rings. The molecule has 12 aromatic rings. The van der Waals surface area contributed by atoms with Gasteiger partial charge in [0.25, 0.3) is 0 Å². The molecule has 10 aromatic carbocycles. The van der Waals surface area contributed by atoms with Gasteiger partial charge in [-0.3, -0.25) is 0 Å². The van der Waals surface area contributed by atoms with Crippen LogP contribution in [0.3, 0.4) is 0 Å². The van der Waals surface area contributed by atoms with Crippen LogP contribution < -0.4 is 5.32 Å². The van der Waals surface area contributed by atoms with Crippen LogP contribution in [0.25, 0.3) is 92.9 Å². The van der Waals surface area contributed by atoms with E-state index in [2.05, 4.69) is 210 Å². The van der Waals surface area contributed by atoms with Gasteiger partial charge in [0.2, 0.25) is 0 Å². The molecule has 1 aliphatic heterocycles. The van der Waals surface area contributed by atoms with Gasteiger partial charge in [0.15, 0.2) is 5.84 Å². The standard InChI is InChI=1S/C57H36N4O/c1-3-14-35(15-4-1)46-33-48-53(34-51(46)61-49-24-12-11-22-43(49)47-30-39-19-7-8-20-40(39)32-50(47)61)62-52-25-13-23-44(54(48)52)57-59-55(38-17-5-2-6-18-38)58-56(60-57)41-29-28-37-27-26-36-16-9-10-21-42(36)45(37)31-41/h1-34,55H,(H,58,59,60). The third kappa shape index (κ3) is 5.42. The minimum Gasteiger partial charge on any atom is -0.456 e. The third-order valence-corrected chi connectivity index (χ3v) is 12.6. The number of furan rings is 1. The molecule has 2 aromatic heterocycles. The predicted molar refractivity (Wildman–Crippen MR) is 258 cm³/mol. The maximum absolute atomic E-state index is 6.89. The van der Waals surface area contributed by atoms with E-state index >= 15 is 0 Å². The van der Waals surface area contributed by atoms with Crippen LogP contribution in [-0.4, -0.2) is 16.2 Å². The van der Waals surface area contributed by atoms with Gasteiger partial charge in [-0.1, -0.05) is 164 Å². The lowest BCUT2D eigenvalue weighted by Crippen LogP contribution is -2.33. The van der Waals surface area contributed by atoms with Crippen molar-refractivity contribution in [1.29, 1.82) is 0 Å². The second-order valence-electron chi connectivity index (χ2n) is 16.2. The number of fused-ring (bicyclic) bond motifs is 10. The molecule has 0 fully saturated rings. The average Bonchev–Trinajstić information content (AvgIpc) is 3.87. The zero-order valence-corrected chi connectivity index (χ0v) is 33.5. The highest BCUT2D eigenvalue weighted by molar-refractivity contribution is 6.23. The summed E-state index contributed by atoms with van der Waals surface area (Å²) < 4.78 is 9.30. The van der Waals surface area contributed by atoms with Crippen molar-refractivity contribution in [2.45, 2.75) is 6.17 Å². The van der Waals surface area contributed by atoms with Crippen LogP contribution in [0, 0.1) is 0 Å². The molecule has 1 atom stereocenters. The number of hydrogen-bond acceptors (Lipinski definition) is 4. The number of hydrogen-bond donors (Lipinski definition) is 1. The van der Waals surface area contributed by atoms with Gasteiger partial charge >= 0.3 is 0 Å². The van der Waals surface area contributed by atoms with Crippen LogP contribution in [-0.2, 0) is 0 Å². The molecule has 13 rings (SSSR count). The van der Waals surface area contributed by atoms with Crippen LogP contribution in [0.5, 0.6) is 0 Å². The highest BCUT2D eigenvalue weighted by Gasteiger charge is 2.25. The summed E-state index contributed by atoms with van der Waals surface area (Å²) in [6.45, 7) is 0. The van der Waals surface area contributed by atoms with E-state index in [0.29, 0.717) is 5.84 Å². The highest BCUT2D eigenvalue weighted by Crippen LogP contribution is 2.43. The molecule has 0 aliphatic carbocycles. The minimum absolute atomic E-state index is 0.354. The van der Waals surface area contributed by atoms with Crippen LogP contribution in [0.4, 0.5) is 0 Å². The molecule has 0 saturated heterocycles. The van der Waals surface area contributed by atoms with E-state index in [1.165, 1.54) is 43.1 Å². The van der Waals surface area contributed by atoms with Crippen molar-refractivity contribution in [3.05, 3.63) is 223 Å². The smallest absolute Gasteiger partial charge is 0.160 e. The number of rotatable bonds is 5. The zero-order valence-electron chi connectivity index (χ0n) is 33.5. The number of benzene rings is 10. The third-order valence-electron chi connectivity index (χ3n) is 12.6. The molecule has 290 valence electrons. The van der Waals surface area contributed by atoms with Gasteiger partial charge in [-0.2, -0.15) is 0 Å². The lowest BCUT2D eigenvalue weighted by molar-refractivity contribution is 0.668. The molecule has 0 spiro atoms. The van der Waals surface area contributed by atoms with E-state index in [0.717, 1.165) is 72.3 Å². The van der Waals surface area contributed by atoms with E-state index in [4.69, 9.17) is 14.4 Å². The fraction of sp³-hybridized carbons (Fsp3) is 0.0175. The van der Waals surface area contributed by atoms with E-state index < -0.39 is 0 Å². The Morgan fingerprint density at radius 3 is 1.97 bits per heavy atom. The number of amidine groups is 2. The van der Waals surface area contributed by atoms with Gasteiger partial charge in [-0.25, -0.2) is 9.98 Å². The predicted octanol–water partition coefficient (Wildman–Crippen LogP) is 14.3. The lowest BCUT2D eigenvalue weighted by atomic mass is 9.98. The monoisotopic (exact) mass is 792 g/mol. The summed E-state index contributed by atoms with van der Waals surface area (Å²) in [6.07, 6.45) is -0.354. The molecule has 5 heteroatoms. The van der Waals surface area contributed by atoms with Gasteiger partial charge in [0.05, 0.1) is 16.7 Å². The summed E-state index contributed by atoms with van der Waals surface area (Å²) in [5.41, 5.74) is 10.1. The van der Waals surface area contributed by atoms with E-state index in [1.807, 2.05) is 6.07 Å². The van der Waals surface area contributed by atoms with Crippen molar-refractivity contribution in [2.75, 3.05) is 0 Å². The van der Waals surface area contributed by atoms with Crippen molar-refractivity contribution in [3.63, 3.8) is 0 Å². The molecule has 1 N–H and O–H groups in total. The normalized spacial score (nSPS) is 14.3. The summed E-state index contributed by atoms with van der Waals surface area (Å²) in [4.78, 5) is 10.7. The SMILES string of the molecule is c1ccc(-c2cc3c(cc2-n2c4ccccc4c4cc5ccccc5cc42)oc2cccc(C4=NC(c5ccccc5)NC(c5ccc6ccc7ccccc7c6c5)=N4)c23)cc1. The second kappa shape index (κ2) is 13.6. The highest BCUT2D eigenvalue weighted by atomic mass is 16.3. The summed E-state index contributed by atoms with van der Waals surface area (Å²) in [6, 6.07) is 73.4. The topological polar surface area (TPSA) is 54.8 Å². The van der Waals surface area contributed by atoms with Gasteiger partial charge < -0.3 is 14.3 Å². The first-order valence-electron chi connectivity index (χ1n) is 21.1. The Hall–Kier alpha value is -8.28. The van der Waals surface area contributed by atoms with Crippen molar-refractivity contribution in [1.82, 2.24) is 9.88 Å². The van der Waals surface area contributed by atoms with E-state index in [-0.39, 0.29) is 6.17 Å². The first-order valence-corrected chi connectivity index (χ1v) is 21.1. The van der Waals surface area contributed by atoms with Crippen LogP contribution >= 0.6 is 0 Å². The molecule has 0 bridgehead atoms. The molecule has 0 amide bonds. The Labute approximate surface area is 356 Å². The molecule has 0 saturated carbocycles. The largest absolute Gasteiger partial charge is 0.456 e. The molecule has 5 nitrogen and oxygen atoms in total. The first-order chi connectivity index (χ1) is 30.7.